The molecule has 5 heteroatoms. The molecular formula is C13H12N2O2S. The van der Waals surface area contributed by atoms with Crippen LogP contribution < -0.4 is 5.73 Å². The van der Waals surface area contributed by atoms with E-state index < -0.39 is 4.92 Å². The van der Waals surface area contributed by atoms with Crippen molar-refractivity contribution in [1.82, 2.24) is 0 Å². The lowest BCUT2D eigenvalue weighted by Crippen LogP contribution is -1.89. The summed E-state index contributed by atoms with van der Waals surface area (Å²) in [6.45, 7) is 2.00. The molecule has 0 amide bonds. The number of nitro groups is 1. The molecule has 2 rings (SSSR count). The summed E-state index contributed by atoms with van der Waals surface area (Å²) in [6, 6.07) is 12.3. The van der Waals surface area contributed by atoms with Crippen LogP contribution in [0, 0.1) is 17.0 Å². The minimum atomic E-state index is -0.407. The molecule has 0 saturated heterocycles. The summed E-state index contributed by atoms with van der Waals surface area (Å²) >= 11 is 1.50. The van der Waals surface area contributed by atoms with Gasteiger partial charge in [0, 0.05) is 27.6 Å². The van der Waals surface area contributed by atoms with Gasteiger partial charge in [-0.1, -0.05) is 17.8 Å². The fraction of sp³-hybridized carbons (Fsp3) is 0.0769. The van der Waals surface area contributed by atoms with Crippen molar-refractivity contribution in [3.05, 3.63) is 58.1 Å². The number of hydrogen-bond donors (Lipinski definition) is 1. The number of nitrogens with two attached hydrogens (primary N) is 1. The van der Waals surface area contributed by atoms with Crippen molar-refractivity contribution < 1.29 is 4.92 Å². The Balaban J connectivity index is 2.23. The molecule has 0 unspecified atom stereocenters. The molecule has 4 nitrogen and oxygen atoms in total. The first kappa shape index (κ1) is 12.4. The molecule has 2 N–H and O–H groups in total. The van der Waals surface area contributed by atoms with Crippen molar-refractivity contribution in [3.63, 3.8) is 0 Å². The molecule has 18 heavy (non-hydrogen) atoms. The molecule has 0 aliphatic carbocycles. The second kappa shape index (κ2) is 5.10. The third-order valence-electron chi connectivity index (χ3n) is 2.44. The number of benzene rings is 2. The number of nitro benzene ring substituents is 1. The number of nitrogen functional groups attached to an aromatic ring is 1. The topological polar surface area (TPSA) is 69.2 Å². The van der Waals surface area contributed by atoms with E-state index in [0.717, 1.165) is 15.4 Å². The van der Waals surface area contributed by atoms with Gasteiger partial charge in [0.1, 0.15) is 0 Å². The van der Waals surface area contributed by atoms with E-state index in [1.54, 1.807) is 12.1 Å². The normalized spacial score (nSPS) is 10.3. The van der Waals surface area contributed by atoms with Crippen LogP contribution in [0.15, 0.2) is 52.3 Å². The molecule has 0 heterocycles. The number of rotatable bonds is 3. The molecule has 0 radical (unpaired) electrons. The van der Waals surface area contributed by atoms with Gasteiger partial charge in [0.05, 0.1) is 4.92 Å². The predicted octanol–water partition coefficient (Wildman–Crippen LogP) is 3.64. The van der Waals surface area contributed by atoms with Crippen molar-refractivity contribution in [1.29, 1.82) is 0 Å². The van der Waals surface area contributed by atoms with Gasteiger partial charge < -0.3 is 5.73 Å². The van der Waals surface area contributed by atoms with Crippen LogP contribution in [-0.2, 0) is 0 Å². The first-order chi connectivity index (χ1) is 8.56. The second-order valence-electron chi connectivity index (χ2n) is 3.89. The molecule has 0 saturated carbocycles. The van der Waals surface area contributed by atoms with Crippen LogP contribution in [0.5, 0.6) is 0 Å². The zero-order valence-corrected chi connectivity index (χ0v) is 10.6. The molecule has 2 aromatic carbocycles. The maximum Gasteiger partial charge on any atom is 0.269 e. The van der Waals surface area contributed by atoms with Gasteiger partial charge in [0.2, 0.25) is 0 Å². The Morgan fingerprint density at radius 2 is 1.83 bits per heavy atom. The summed E-state index contributed by atoms with van der Waals surface area (Å²) in [6.07, 6.45) is 0. The lowest BCUT2D eigenvalue weighted by molar-refractivity contribution is -0.384. The second-order valence-corrected chi connectivity index (χ2v) is 5.01. The maximum absolute atomic E-state index is 10.5. The smallest absolute Gasteiger partial charge is 0.269 e. The van der Waals surface area contributed by atoms with E-state index in [0.29, 0.717) is 5.69 Å². The van der Waals surface area contributed by atoms with E-state index in [9.17, 15) is 10.1 Å². The third-order valence-corrected chi connectivity index (χ3v) is 3.53. The van der Waals surface area contributed by atoms with E-state index in [-0.39, 0.29) is 5.69 Å². The van der Waals surface area contributed by atoms with Gasteiger partial charge in [-0.05, 0) is 36.8 Å². The van der Waals surface area contributed by atoms with Gasteiger partial charge in [-0.15, -0.1) is 0 Å². The quantitative estimate of drug-likeness (QED) is 0.519. The van der Waals surface area contributed by atoms with E-state index >= 15 is 0 Å². The molecule has 0 atom stereocenters. The van der Waals surface area contributed by atoms with Crippen LogP contribution in [0.4, 0.5) is 11.4 Å². The summed E-state index contributed by atoms with van der Waals surface area (Å²) in [5.74, 6) is 0. The Morgan fingerprint density at radius 3 is 2.44 bits per heavy atom. The third kappa shape index (κ3) is 2.81. The van der Waals surface area contributed by atoms with Crippen molar-refractivity contribution >= 4 is 23.1 Å². The lowest BCUT2D eigenvalue weighted by atomic mass is 10.2. The first-order valence-corrected chi connectivity index (χ1v) is 6.16. The van der Waals surface area contributed by atoms with Gasteiger partial charge in [-0.3, -0.25) is 10.1 Å². The fourth-order valence-electron chi connectivity index (χ4n) is 1.49. The summed E-state index contributed by atoms with van der Waals surface area (Å²) in [4.78, 5) is 12.0. The Kier molecular flexibility index (Phi) is 3.53. The highest BCUT2D eigenvalue weighted by Gasteiger charge is 2.06. The minimum absolute atomic E-state index is 0.0940. The van der Waals surface area contributed by atoms with Crippen LogP contribution in [0.25, 0.3) is 0 Å². The standard InChI is InChI=1S/C13H12N2O2S/c1-9-2-7-12(14)13(8-9)18-11-5-3-10(4-6-11)15(16)17/h2-8H,14H2,1H3. The first-order valence-electron chi connectivity index (χ1n) is 5.35. The molecule has 0 aromatic heterocycles. The molecule has 92 valence electrons. The summed E-state index contributed by atoms with van der Waals surface area (Å²) in [5, 5.41) is 10.5. The number of anilines is 1. The van der Waals surface area contributed by atoms with E-state index in [2.05, 4.69) is 0 Å². The molecule has 0 spiro atoms. The number of aryl methyl sites for hydroxylation is 1. The lowest BCUT2D eigenvalue weighted by Gasteiger charge is -2.06. The SMILES string of the molecule is Cc1ccc(N)c(Sc2ccc([N+](=O)[O-])cc2)c1. The molecule has 0 bridgehead atoms. The Hall–Kier alpha value is -2.01. The average Bonchev–Trinajstić information content (AvgIpc) is 2.34. The van der Waals surface area contributed by atoms with E-state index in [1.165, 1.54) is 23.9 Å². The molecule has 0 aliphatic rings. The molecule has 2 aromatic rings. The molecule has 0 fully saturated rings. The van der Waals surface area contributed by atoms with Gasteiger partial charge in [-0.2, -0.15) is 0 Å². The summed E-state index contributed by atoms with van der Waals surface area (Å²) in [7, 11) is 0. The van der Waals surface area contributed by atoms with Crippen LogP contribution in [-0.4, -0.2) is 4.92 Å². The molecular weight excluding hydrogens is 248 g/mol. The Labute approximate surface area is 109 Å². The largest absolute Gasteiger partial charge is 0.398 e. The number of nitrogens with zero attached hydrogens (tertiary/aromatic N) is 1. The van der Waals surface area contributed by atoms with Gasteiger partial charge in [0.25, 0.3) is 5.69 Å². The zero-order valence-electron chi connectivity index (χ0n) is 9.79. The number of non-ortho nitro benzene ring substituents is 1. The Bertz CT molecular complexity index is 582. The highest BCUT2D eigenvalue weighted by molar-refractivity contribution is 7.99. The highest BCUT2D eigenvalue weighted by atomic mass is 32.2. The van der Waals surface area contributed by atoms with E-state index in [1.807, 2.05) is 25.1 Å². The summed E-state index contributed by atoms with van der Waals surface area (Å²) < 4.78 is 0. The highest BCUT2D eigenvalue weighted by Crippen LogP contribution is 2.33. The zero-order chi connectivity index (χ0) is 13.1. The van der Waals surface area contributed by atoms with Crippen LogP contribution in [0.1, 0.15) is 5.56 Å². The Morgan fingerprint density at radius 1 is 1.17 bits per heavy atom. The minimum Gasteiger partial charge on any atom is -0.398 e. The van der Waals surface area contributed by atoms with Gasteiger partial charge in [-0.25, -0.2) is 0 Å². The van der Waals surface area contributed by atoms with Crippen molar-refractivity contribution in [2.75, 3.05) is 5.73 Å². The number of hydrogen-bond acceptors (Lipinski definition) is 4. The van der Waals surface area contributed by atoms with Gasteiger partial charge >= 0.3 is 0 Å². The maximum atomic E-state index is 10.5. The van der Waals surface area contributed by atoms with Crippen molar-refractivity contribution in [2.45, 2.75) is 16.7 Å². The van der Waals surface area contributed by atoms with Gasteiger partial charge in [0.15, 0.2) is 0 Å². The average molecular weight is 260 g/mol. The van der Waals surface area contributed by atoms with Crippen molar-refractivity contribution in [3.8, 4) is 0 Å². The monoisotopic (exact) mass is 260 g/mol. The molecule has 0 aliphatic heterocycles. The van der Waals surface area contributed by atoms with Crippen molar-refractivity contribution in [2.24, 2.45) is 0 Å². The van der Waals surface area contributed by atoms with Crippen LogP contribution >= 0.6 is 11.8 Å². The van der Waals surface area contributed by atoms with Crippen LogP contribution in [0.2, 0.25) is 0 Å². The predicted molar refractivity (Wildman–Crippen MR) is 72.8 cm³/mol. The fourth-order valence-corrected chi connectivity index (χ4v) is 2.45. The summed E-state index contributed by atoms with van der Waals surface area (Å²) in [5.41, 5.74) is 7.83. The van der Waals surface area contributed by atoms with Crippen LogP contribution in [0.3, 0.4) is 0 Å². The van der Waals surface area contributed by atoms with E-state index in [4.69, 9.17) is 5.73 Å².